The Hall–Kier alpha value is -1.02. The van der Waals surface area contributed by atoms with Crippen molar-refractivity contribution in [2.75, 3.05) is 6.61 Å². The molecule has 0 fully saturated rings. The SMILES string of the molecule is CCCOc1cc(C)ccc1[C@@H](C)O. The number of aryl methyl sites for hydroxylation is 1. The Labute approximate surface area is 85.5 Å². The first-order valence-corrected chi connectivity index (χ1v) is 5.06. The number of aliphatic hydroxyl groups excluding tert-OH is 1. The van der Waals surface area contributed by atoms with Crippen LogP contribution in [0, 0.1) is 6.92 Å². The van der Waals surface area contributed by atoms with Gasteiger partial charge in [-0.3, -0.25) is 0 Å². The van der Waals surface area contributed by atoms with E-state index in [1.807, 2.05) is 25.1 Å². The molecule has 0 saturated carbocycles. The Kier molecular flexibility index (Phi) is 3.96. The average molecular weight is 194 g/mol. The first kappa shape index (κ1) is 11.1. The molecule has 1 rings (SSSR count). The minimum absolute atomic E-state index is 0.470. The van der Waals surface area contributed by atoms with Crippen LogP contribution in [0.15, 0.2) is 18.2 Å². The van der Waals surface area contributed by atoms with Gasteiger partial charge in [0.2, 0.25) is 0 Å². The van der Waals surface area contributed by atoms with Crippen molar-refractivity contribution in [3.8, 4) is 5.75 Å². The Morgan fingerprint density at radius 3 is 2.71 bits per heavy atom. The topological polar surface area (TPSA) is 29.5 Å². The standard InChI is InChI=1S/C12H18O2/c1-4-7-14-12-8-9(2)5-6-11(12)10(3)13/h5-6,8,10,13H,4,7H2,1-3H3/t10-/m1/s1. The molecule has 1 aromatic rings. The summed E-state index contributed by atoms with van der Waals surface area (Å²) in [6.45, 7) is 6.54. The van der Waals surface area contributed by atoms with Gasteiger partial charge in [0.05, 0.1) is 12.7 Å². The summed E-state index contributed by atoms with van der Waals surface area (Å²) in [6, 6.07) is 5.88. The normalized spacial score (nSPS) is 12.6. The van der Waals surface area contributed by atoms with Crippen molar-refractivity contribution in [3.05, 3.63) is 29.3 Å². The third-order valence-corrected chi connectivity index (χ3v) is 2.08. The molecule has 14 heavy (non-hydrogen) atoms. The minimum Gasteiger partial charge on any atom is -0.493 e. The quantitative estimate of drug-likeness (QED) is 0.798. The van der Waals surface area contributed by atoms with Crippen molar-refractivity contribution in [1.29, 1.82) is 0 Å². The molecular weight excluding hydrogens is 176 g/mol. The zero-order chi connectivity index (χ0) is 10.6. The van der Waals surface area contributed by atoms with E-state index < -0.39 is 6.10 Å². The molecule has 1 aromatic carbocycles. The smallest absolute Gasteiger partial charge is 0.125 e. The number of hydrogen-bond donors (Lipinski definition) is 1. The second-order valence-corrected chi connectivity index (χ2v) is 3.57. The van der Waals surface area contributed by atoms with E-state index in [9.17, 15) is 5.11 Å². The molecule has 0 aliphatic heterocycles. The lowest BCUT2D eigenvalue weighted by Gasteiger charge is -2.13. The molecule has 2 heteroatoms. The molecule has 0 bridgehead atoms. The van der Waals surface area contributed by atoms with Crippen molar-refractivity contribution in [1.82, 2.24) is 0 Å². The highest BCUT2D eigenvalue weighted by molar-refractivity contribution is 5.38. The van der Waals surface area contributed by atoms with Crippen LogP contribution in [0.3, 0.4) is 0 Å². The van der Waals surface area contributed by atoms with Gasteiger partial charge in [-0.05, 0) is 31.9 Å². The lowest BCUT2D eigenvalue weighted by molar-refractivity contribution is 0.191. The van der Waals surface area contributed by atoms with E-state index in [-0.39, 0.29) is 0 Å². The summed E-state index contributed by atoms with van der Waals surface area (Å²) in [6.07, 6.45) is 0.509. The van der Waals surface area contributed by atoms with Crippen molar-refractivity contribution in [2.24, 2.45) is 0 Å². The van der Waals surface area contributed by atoms with E-state index in [2.05, 4.69) is 6.92 Å². The Morgan fingerprint density at radius 2 is 2.14 bits per heavy atom. The van der Waals surface area contributed by atoms with Crippen LogP contribution in [-0.2, 0) is 0 Å². The zero-order valence-electron chi connectivity index (χ0n) is 9.08. The molecule has 78 valence electrons. The molecule has 0 aliphatic carbocycles. The second-order valence-electron chi connectivity index (χ2n) is 3.57. The fourth-order valence-corrected chi connectivity index (χ4v) is 1.32. The number of hydrogen-bond acceptors (Lipinski definition) is 2. The summed E-state index contributed by atoms with van der Waals surface area (Å²) in [5.41, 5.74) is 2.02. The van der Waals surface area contributed by atoms with Crippen LogP contribution in [0.5, 0.6) is 5.75 Å². The summed E-state index contributed by atoms with van der Waals surface area (Å²) >= 11 is 0. The van der Waals surface area contributed by atoms with Gasteiger partial charge in [0.15, 0.2) is 0 Å². The summed E-state index contributed by atoms with van der Waals surface area (Å²) in [4.78, 5) is 0. The Morgan fingerprint density at radius 1 is 1.43 bits per heavy atom. The van der Waals surface area contributed by atoms with Gasteiger partial charge in [0.1, 0.15) is 5.75 Å². The van der Waals surface area contributed by atoms with Gasteiger partial charge >= 0.3 is 0 Å². The maximum absolute atomic E-state index is 9.51. The van der Waals surface area contributed by atoms with Crippen LogP contribution in [0.1, 0.15) is 37.5 Å². The van der Waals surface area contributed by atoms with Crippen LogP contribution in [0.4, 0.5) is 0 Å². The zero-order valence-corrected chi connectivity index (χ0v) is 9.08. The van der Waals surface area contributed by atoms with Crippen LogP contribution in [-0.4, -0.2) is 11.7 Å². The lowest BCUT2D eigenvalue weighted by Crippen LogP contribution is -2.01. The summed E-state index contributed by atoms with van der Waals surface area (Å²) in [5, 5.41) is 9.51. The molecule has 0 aliphatic rings. The predicted molar refractivity (Wildman–Crippen MR) is 57.6 cm³/mol. The molecule has 0 amide bonds. The molecule has 0 heterocycles. The highest BCUT2D eigenvalue weighted by Gasteiger charge is 2.08. The van der Waals surface area contributed by atoms with E-state index in [0.29, 0.717) is 6.61 Å². The summed E-state index contributed by atoms with van der Waals surface area (Å²) < 4.78 is 5.57. The molecule has 0 aromatic heterocycles. The highest BCUT2D eigenvalue weighted by atomic mass is 16.5. The molecular formula is C12H18O2. The van der Waals surface area contributed by atoms with Gasteiger partial charge in [0, 0.05) is 5.56 Å². The van der Waals surface area contributed by atoms with E-state index in [1.165, 1.54) is 0 Å². The van der Waals surface area contributed by atoms with E-state index in [4.69, 9.17) is 4.74 Å². The Bertz CT molecular complexity index is 292. The van der Waals surface area contributed by atoms with Gasteiger partial charge in [-0.15, -0.1) is 0 Å². The number of ether oxygens (including phenoxy) is 1. The van der Waals surface area contributed by atoms with Crippen molar-refractivity contribution >= 4 is 0 Å². The lowest BCUT2D eigenvalue weighted by atomic mass is 10.1. The number of aliphatic hydroxyl groups is 1. The first-order chi connectivity index (χ1) is 6.65. The maximum atomic E-state index is 9.51. The summed E-state index contributed by atoms with van der Waals surface area (Å²) in [5.74, 6) is 0.807. The fourth-order valence-electron chi connectivity index (χ4n) is 1.32. The van der Waals surface area contributed by atoms with E-state index in [1.54, 1.807) is 6.92 Å². The van der Waals surface area contributed by atoms with E-state index >= 15 is 0 Å². The van der Waals surface area contributed by atoms with E-state index in [0.717, 1.165) is 23.3 Å². The second kappa shape index (κ2) is 5.01. The van der Waals surface area contributed by atoms with Gasteiger partial charge < -0.3 is 9.84 Å². The van der Waals surface area contributed by atoms with Crippen LogP contribution in [0.25, 0.3) is 0 Å². The average Bonchev–Trinajstić information content (AvgIpc) is 2.14. The van der Waals surface area contributed by atoms with Crippen LogP contribution >= 0.6 is 0 Å². The monoisotopic (exact) mass is 194 g/mol. The minimum atomic E-state index is -0.470. The summed E-state index contributed by atoms with van der Waals surface area (Å²) in [7, 11) is 0. The van der Waals surface area contributed by atoms with Gasteiger partial charge in [-0.25, -0.2) is 0 Å². The van der Waals surface area contributed by atoms with Crippen LogP contribution < -0.4 is 4.74 Å². The fraction of sp³-hybridized carbons (Fsp3) is 0.500. The molecule has 1 atom stereocenters. The number of rotatable bonds is 4. The maximum Gasteiger partial charge on any atom is 0.125 e. The predicted octanol–water partition coefficient (Wildman–Crippen LogP) is 2.84. The molecule has 1 N–H and O–H groups in total. The van der Waals surface area contributed by atoms with Crippen molar-refractivity contribution in [2.45, 2.75) is 33.3 Å². The van der Waals surface area contributed by atoms with Crippen molar-refractivity contribution in [3.63, 3.8) is 0 Å². The molecule has 2 nitrogen and oxygen atoms in total. The molecule has 0 unspecified atom stereocenters. The molecule has 0 spiro atoms. The van der Waals surface area contributed by atoms with Gasteiger partial charge in [-0.1, -0.05) is 19.1 Å². The van der Waals surface area contributed by atoms with Gasteiger partial charge in [0.25, 0.3) is 0 Å². The molecule has 0 radical (unpaired) electrons. The first-order valence-electron chi connectivity index (χ1n) is 5.06. The third kappa shape index (κ3) is 2.74. The highest BCUT2D eigenvalue weighted by Crippen LogP contribution is 2.26. The molecule has 0 saturated heterocycles. The van der Waals surface area contributed by atoms with Gasteiger partial charge in [-0.2, -0.15) is 0 Å². The van der Waals surface area contributed by atoms with Crippen LogP contribution in [0.2, 0.25) is 0 Å². The largest absolute Gasteiger partial charge is 0.493 e. The number of benzene rings is 1. The van der Waals surface area contributed by atoms with Crippen molar-refractivity contribution < 1.29 is 9.84 Å². The third-order valence-electron chi connectivity index (χ3n) is 2.08. The Balaban J connectivity index is 2.91.